The molecule has 0 radical (unpaired) electrons. The van der Waals surface area contributed by atoms with Gasteiger partial charge >= 0.3 is 0 Å². The zero-order valence-corrected chi connectivity index (χ0v) is 15.4. The van der Waals surface area contributed by atoms with E-state index in [2.05, 4.69) is 62.8 Å². The van der Waals surface area contributed by atoms with E-state index in [9.17, 15) is 0 Å². The summed E-state index contributed by atoms with van der Waals surface area (Å²) in [6.07, 6.45) is 11.9. The molecule has 4 rings (SSSR count). The van der Waals surface area contributed by atoms with Crippen LogP contribution in [0.5, 0.6) is 0 Å². The topological polar surface area (TPSA) is 55.6 Å². The standard InChI is InChI=1S/C20H22ClN5/c21-20-24-18(23-16-11-12-16)17-19(25-20)26(14-22-17)13-7-2-1-4-8-15-9-5-3-6-10-15/h2-3,5-7,9-10,14,16H,1,4,8,11-13H2,(H,23,24,25)/b7-2+. The van der Waals surface area contributed by atoms with E-state index in [1.807, 2.05) is 10.9 Å². The number of nitrogens with zero attached hydrogens (tertiary/aromatic N) is 4. The second-order valence-corrected chi connectivity index (χ2v) is 7.02. The molecular formula is C20H22ClN5. The minimum atomic E-state index is 0.259. The van der Waals surface area contributed by atoms with E-state index in [1.54, 1.807) is 0 Å². The lowest BCUT2D eigenvalue weighted by Gasteiger charge is -2.05. The Bertz CT molecular complexity index is 899. The number of aryl methyl sites for hydroxylation is 1. The number of unbranched alkanes of at least 4 members (excludes halogenated alkanes) is 1. The third-order valence-electron chi connectivity index (χ3n) is 4.50. The largest absolute Gasteiger partial charge is 0.365 e. The fraction of sp³-hybridized carbons (Fsp3) is 0.350. The highest BCUT2D eigenvalue weighted by Gasteiger charge is 2.23. The molecule has 3 aromatic rings. The molecule has 0 bridgehead atoms. The number of hydrogen-bond acceptors (Lipinski definition) is 4. The van der Waals surface area contributed by atoms with Gasteiger partial charge in [-0.1, -0.05) is 42.5 Å². The Hall–Kier alpha value is -2.40. The number of fused-ring (bicyclic) bond motifs is 1. The van der Waals surface area contributed by atoms with E-state index in [1.165, 1.54) is 18.4 Å². The smallest absolute Gasteiger partial charge is 0.226 e. The van der Waals surface area contributed by atoms with Gasteiger partial charge < -0.3 is 9.88 Å². The number of aromatic nitrogens is 4. The van der Waals surface area contributed by atoms with Gasteiger partial charge in [-0.25, -0.2) is 4.98 Å². The predicted molar refractivity (Wildman–Crippen MR) is 105 cm³/mol. The van der Waals surface area contributed by atoms with Gasteiger partial charge in [0.15, 0.2) is 17.0 Å². The predicted octanol–water partition coefficient (Wildman–Crippen LogP) is 4.63. The molecule has 1 saturated carbocycles. The van der Waals surface area contributed by atoms with Crippen LogP contribution in [0.25, 0.3) is 11.2 Å². The molecule has 6 heteroatoms. The van der Waals surface area contributed by atoms with Crippen LogP contribution in [0, 0.1) is 0 Å². The minimum absolute atomic E-state index is 0.259. The summed E-state index contributed by atoms with van der Waals surface area (Å²) >= 11 is 6.10. The summed E-state index contributed by atoms with van der Waals surface area (Å²) in [6.45, 7) is 0.734. The van der Waals surface area contributed by atoms with Gasteiger partial charge in [0, 0.05) is 12.6 Å². The molecule has 1 fully saturated rings. The maximum Gasteiger partial charge on any atom is 0.226 e. The first-order chi connectivity index (χ1) is 12.8. The highest BCUT2D eigenvalue weighted by atomic mass is 35.5. The molecular weight excluding hydrogens is 346 g/mol. The number of benzene rings is 1. The Morgan fingerprint density at radius 1 is 1.15 bits per heavy atom. The van der Waals surface area contributed by atoms with Gasteiger partial charge in [0.25, 0.3) is 0 Å². The zero-order valence-electron chi connectivity index (χ0n) is 14.6. The van der Waals surface area contributed by atoms with Gasteiger partial charge in [-0.05, 0) is 49.3 Å². The molecule has 0 saturated heterocycles. The Morgan fingerprint density at radius 3 is 2.81 bits per heavy atom. The first-order valence-electron chi connectivity index (χ1n) is 9.13. The molecule has 5 nitrogen and oxygen atoms in total. The number of imidazole rings is 1. The second kappa shape index (κ2) is 7.87. The molecule has 1 aliphatic carbocycles. The van der Waals surface area contributed by atoms with Crippen molar-refractivity contribution in [1.29, 1.82) is 0 Å². The maximum absolute atomic E-state index is 6.10. The molecule has 1 aliphatic rings. The van der Waals surface area contributed by atoms with Crippen LogP contribution in [0.3, 0.4) is 0 Å². The molecule has 2 aromatic heterocycles. The summed E-state index contributed by atoms with van der Waals surface area (Å²) in [4.78, 5) is 13.1. The number of nitrogens with one attached hydrogen (secondary N) is 1. The lowest BCUT2D eigenvalue weighted by molar-refractivity contribution is 0.812. The molecule has 2 heterocycles. The number of anilines is 1. The van der Waals surface area contributed by atoms with E-state index >= 15 is 0 Å². The molecule has 26 heavy (non-hydrogen) atoms. The van der Waals surface area contributed by atoms with Gasteiger partial charge in [0.2, 0.25) is 5.28 Å². The average molecular weight is 368 g/mol. The summed E-state index contributed by atoms with van der Waals surface area (Å²) in [7, 11) is 0. The number of rotatable bonds is 8. The van der Waals surface area contributed by atoms with Gasteiger partial charge in [0.1, 0.15) is 0 Å². The highest BCUT2D eigenvalue weighted by molar-refractivity contribution is 6.28. The van der Waals surface area contributed by atoms with Crippen molar-refractivity contribution in [2.24, 2.45) is 0 Å². The molecule has 0 atom stereocenters. The second-order valence-electron chi connectivity index (χ2n) is 6.68. The monoisotopic (exact) mass is 367 g/mol. The van der Waals surface area contributed by atoms with Crippen LogP contribution >= 0.6 is 11.6 Å². The van der Waals surface area contributed by atoms with Crippen LogP contribution in [0.2, 0.25) is 5.28 Å². The third-order valence-corrected chi connectivity index (χ3v) is 4.67. The van der Waals surface area contributed by atoms with Crippen LogP contribution in [-0.2, 0) is 13.0 Å². The van der Waals surface area contributed by atoms with Crippen molar-refractivity contribution in [3.05, 3.63) is 59.7 Å². The summed E-state index contributed by atoms with van der Waals surface area (Å²) in [5.74, 6) is 0.744. The van der Waals surface area contributed by atoms with E-state index in [-0.39, 0.29) is 5.28 Å². The molecule has 0 spiro atoms. The minimum Gasteiger partial charge on any atom is -0.365 e. The summed E-state index contributed by atoms with van der Waals surface area (Å²) in [5, 5.41) is 3.64. The van der Waals surface area contributed by atoms with Crippen LogP contribution in [0.1, 0.15) is 31.2 Å². The number of hydrogen-bond donors (Lipinski definition) is 1. The van der Waals surface area contributed by atoms with Crippen LogP contribution in [0.4, 0.5) is 5.82 Å². The SMILES string of the molecule is Clc1nc(NC2CC2)c2ncn(C/C=C/CCCc3ccccc3)c2n1. The van der Waals surface area contributed by atoms with Gasteiger partial charge in [-0.15, -0.1) is 0 Å². The van der Waals surface area contributed by atoms with E-state index < -0.39 is 0 Å². The molecule has 1 N–H and O–H groups in total. The Morgan fingerprint density at radius 2 is 2.00 bits per heavy atom. The van der Waals surface area contributed by atoms with Crippen molar-refractivity contribution in [2.45, 2.75) is 44.7 Å². The van der Waals surface area contributed by atoms with Crippen LogP contribution in [-0.4, -0.2) is 25.6 Å². The fourth-order valence-corrected chi connectivity index (χ4v) is 3.11. The van der Waals surface area contributed by atoms with Crippen molar-refractivity contribution in [1.82, 2.24) is 19.5 Å². The van der Waals surface area contributed by atoms with Crippen LogP contribution < -0.4 is 5.32 Å². The maximum atomic E-state index is 6.10. The lowest BCUT2D eigenvalue weighted by atomic mass is 10.1. The Balaban J connectivity index is 1.35. The van der Waals surface area contributed by atoms with Crippen molar-refractivity contribution in [3.63, 3.8) is 0 Å². The summed E-state index contributed by atoms with van der Waals surface area (Å²) < 4.78 is 2.01. The molecule has 134 valence electrons. The average Bonchev–Trinajstić information content (AvgIpc) is 3.37. The van der Waals surface area contributed by atoms with E-state index in [0.29, 0.717) is 6.04 Å². The first kappa shape index (κ1) is 17.0. The Labute approximate surface area is 158 Å². The molecule has 0 aliphatic heterocycles. The summed E-state index contributed by atoms with van der Waals surface area (Å²) in [6, 6.07) is 11.1. The van der Waals surface area contributed by atoms with E-state index in [0.717, 1.165) is 42.8 Å². The van der Waals surface area contributed by atoms with Gasteiger partial charge in [-0.2, -0.15) is 9.97 Å². The first-order valence-corrected chi connectivity index (χ1v) is 9.51. The van der Waals surface area contributed by atoms with E-state index in [4.69, 9.17) is 11.6 Å². The lowest BCUT2D eigenvalue weighted by Crippen LogP contribution is -2.05. The van der Waals surface area contributed by atoms with Crippen molar-refractivity contribution >= 4 is 28.6 Å². The summed E-state index contributed by atoms with van der Waals surface area (Å²) in [5.41, 5.74) is 2.96. The van der Waals surface area contributed by atoms with Crippen molar-refractivity contribution < 1.29 is 0 Å². The number of allylic oxidation sites excluding steroid dienone is 2. The Kier molecular flexibility index (Phi) is 5.16. The van der Waals surface area contributed by atoms with Gasteiger partial charge in [-0.3, -0.25) is 0 Å². The fourth-order valence-electron chi connectivity index (χ4n) is 2.95. The zero-order chi connectivity index (χ0) is 17.8. The van der Waals surface area contributed by atoms with Crippen LogP contribution in [0.15, 0.2) is 48.8 Å². The molecule has 0 unspecified atom stereocenters. The van der Waals surface area contributed by atoms with Gasteiger partial charge in [0.05, 0.1) is 6.33 Å². The molecule has 0 amide bonds. The van der Waals surface area contributed by atoms with Crippen molar-refractivity contribution in [2.75, 3.05) is 5.32 Å². The number of halogens is 1. The third kappa shape index (κ3) is 4.22. The normalized spacial score (nSPS) is 14.3. The van der Waals surface area contributed by atoms with Crippen molar-refractivity contribution in [3.8, 4) is 0 Å². The highest BCUT2D eigenvalue weighted by Crippen LogP contribution is 2.28. The quantitative estimate of drug-likeness (QED) is 0.358. The molecule has 1 aromatic carbocycles.